The SMILES string of the molecule is CCCCCCCCCCCCC(CCCCCC)C(P)(CCCCCC)CCCCCC.Cl.Cl.Cl. The Morgan fingerprint density at radius 3 is 0.972 bits per heavy atom. The van der Waals surface area contributed by atoms with E-state index < -0.39 is 0 Å². The highest BCUT2D eigenvalue weighted by atomic mass is 35.5. The highest BCUT2D eigenvalue weighted by Crippen LogP contribution is 2.44. The molecule has 2 unspecified atom stereocenters. The van der Waals surface area contributed by atoms with Crippen LogP contribution in [0.2, 0.25) is 0 Å². The van der Waals surface area contributed by atoms with E-state index in [0.29, 0.717) is 5.16 Å². The first-order chi connectivity index (χ1) is 16.1. The van der Waals surface area contributed by atoms with Crippen LogP contribution < -0.4 is 0 Å². The first-order valence-electron chi connectivity index (χ1n) is 15.9. The molecule has 0 aromatic rings. The van der Waals surface area contributed by atoms with Crippen LogP contribution in [0.25, 0.3) is 0 Å². The normalized spacial score (nSPS) is 11.9. The fraction of sp³-hybridized carbons (Fsp3) is 1.00. The summed E-state index contributed by atoms with van der Waals surface area (Å²) in [5.74, 6) is 0.941. The molecule has 0 radical (unpaired) electrons. The van der Waals surface area contributed by atoms with Gasteiger partial charge in [-0.2, -0.15) is 0 Å². The predicted molar refractivity (Wildman–Crippen MR) is 180 cm³/mol. The molecule has 0 aromatic heterocycles. The third-order valence-electron chi connectivity index (χ3n) is 8.12. The summed E-state index contributed by atoms with van der Waals surface area (Å²) < 4.78 is 0. The number of unbranched alkanes of at least 4 members (excludes halogenated alkanes) is 18. The van der Waals surface area contributed by atoms with Crippen molar-refractivity contribution in [3.63, 3.8) is 0 Å². The average Bonchev–Trinajstić information content (AvgIpc) is 2.82. The summed E-state index contributed by atoms with van der Waals surface area (Å²) in [6.45, 7) is 9.36. The Bertz CT molecular complexity index is 366. The van der Waals surface area contributed by atoms with E-state index >= 15 is 0 Å². The van der Waals surface area contributed by atoms with Gasteiger partial charge in [0.15, 0.2) is 0 Å². The molecule has 36 heavy (non-hydrogen) atoms. The van der Waals surface area contributed by atoms with Crippen molar-refractivity contribution in [2.45, 2.75) is 200 Å². The molecule has 2 atom stereocenters. The lowest BCUT2D eigenvalue weighted by Gasteiger charge is -2.39. The Morgan fingerprint density at radius 1 is 0.389 bits per heavy atom. The van der Waals surface area contributed by atoms with Gasteiger partial charge in [-0.25, -0.2) is 0 Å². The van der Waals surface area contributed by atoms with Crippen LogP contribution in [0.1, 0.15) is 195 Å². The van der Waals surface area contributed by atoms with E-state index in [1.54, 1.807) is 0 Å². The molecule has 4 heteroatoms. The Labute approximate surface area is 251 Å². The molecule has 0 aliphatic heterocycles. The topological polar surface area (TPSA) is 0 Å². The van der Waals surface area contributed by atoms with Crippen molar-refractivity contribution < 1.29 is 0 Å². The quantitative estimate of drug-likeness (QED) is 0.0658. The molecule has 0 saturated carbocycles. The van der Waals surface area contributed by atoms with Gasteiger partial charge in [-0.1, -0.05) is 169 Å². The molecule has 0 heterocycles. The van der Waals surface area contributed by atoms with Crippen LogP contribution in [0.3, 0.4) is 0 Å². The van der Waals surface area contributed by atoms with Crippen LogP contribution in [0, 0.1) is 5.92 Å². The second kappa shape index (κ2) is 34.3. The smallest absolute Gasteiger partial charge is 0.0122 e. The molecule has 0 fully saturated rings. The summed E-state index contributed by atoms with van der Waals surface area (Å²) in [5.41, 5.74) is 0. The van der Waals surface area contributed by atoms with Gasteiger partial charge in [0.25, 0.3) is 0 Å². The molecule has 0 saturated heterocycles. The van der Waals surface area contributed by atoms with Crippen molar-refractivity contribution in [1.29, 1.82) is 0 Å². The van der Waals surface area contributed by atoms with Gasteiger partial charge in [0.05, 0.1) is 0 Å². The molecular formula is C32H70Cl3P. The molecule has 0 spiro atoms. The van der Waals surface area contributed by atoms with Crippen molar-refractivity contribution in [1.82, 2.24) is 0 Å². The Balaban J connectivity index is -0.00000171. The zero-order valence-electron chi connectivity index (χ0n) is 25.3. The van der Waals surface area contributed by atoms with Gasteiger partial charge < -0.3 is 0 Å². The minimum Gasteiger partial charge on any atom is -0.147 e. The van der Waals surface area contributed by atoms with Crippen molar-refractivity contribution in [3.8, 4) is 0 Å². The monoisotopic (exact) mass is 590 g/mol. The molecule has 0 N–H and O–H groups in total. The third kappa shape index (κ3) is 26.9. The summed E-state index contributed by atoms with van der Waals surface area (Å²) in [5, 5.41) is 0.521. The highest BCUT2D eigenvalue weighted by Gasteiger charge is 2.32. The molecule has 0 bridgehead atoms. The summed E-state index contributed by atoms with van der Waals surface area (Å²) in [7, 11) is 3.49. The van der Waals surface area contributed by atoms with Crippen molar-refractivity contribution in [2.24, 2.45) is 5.92 Å². The Hall–Kier alpha value is 1.30. The third-order valence-corrected chi connectivity index (χ3v) is 9.17. The standard InChI is InChI=1S/C32H67P.3ClH/c1-5-9-13-17-18-19-20-21-22-24-28-31(27-23-14-10-6-2)32(33,29-25-15-11-7-3)30-26-16-12-8-4;;;/h31H,5-30,33H2,1-4H3;3*1H. The highest BCUT2D eigenvalue weighted by molar-refractivity contribution is 7.19. The summed E-state index contributed by atoms with van der Waals surface area (Å²) in [6.07, 6.45) is 37.6. The number of hydrogen-bond acceptors (Lipinski definition) is 0. The molecule has 0 aliphatic carbocycles. The maximum atomic E-state index is 3.49. The van der Waals surface area contributed by atoms with Crippen LogP contribution in [-0.2, 0) is 0 Å². The fourth-order valence-electron chi connectivity index (χ4n) is 5.71. The van der Waals surface area contributed by atoms with Crippen LogP contribution in [-0.4, -0.2) is 5.16 Å². The minimum atomic E-state index is 0. The first-order valence-corrected chi connectivity index (χ1v) is 16.5. The van der Waals surface area contributed by atoms with Crippen molar-refractivity contribution in [2.75, 3.05) is 0 Å². The van der Waals surface area contributed by atoms with Crippen LogP contribution >= 0.6 is 46.5 Å². The van der Waals surface area contributed by atoms with E-state index in [1.807, 2.05) is 0 Å². The molecule has 224 valence electrons. The Morgan fingerprint density at radius 2 is 0.639 bits per heavy atom. The number of halogens is 3. The van der Waals surface area contributed by atoms with E-state index in [4.69, 9.17) is 0 Å². The first kappa shape index (κ1) is 44.3. The van der Waals surface area contributed by atoms with Gasteiger partial charge in [0.1, 0.15) is 0 Å². The molecule has 0 rings (SSSR count). The van der Waals surface area contributed by atoms with Crippen molar-refractivity contribution >= 4 is 46.5 Å². The van der Waals surface area contributed by atoms with E-state index in [9.17, 15) is 0 Å². The predicted octanol–water partition coefficient (Wildman–Crippen LogP) is 13.7. The van der Waals surface area contributed by atoms with E-state index in [1.165, 1.54) is 167 Å². The van der Waals surface area contributed by atoms with E-state index in [0.717, 1.165) is 5.92 Å². The van der Waals surface area contributed by atoms with Crippen molar-refractivity contribution in [3.05, 3.63) is 0 Å². The number of hydrogen-bond donors (Lipinski definition) is 0. The van der Waals surface area contributed by atoms with Gasteiger partial charge >= 0.3 is 0 Å². The summed E-state index contributed by atoms with van der Waals surface area (Å²) >= 11 is 0. The second-order valence-electron chi connectivity index (χ2n) is 11.4. The van der Waals surface area contributed by atoms with Gasteiger partial charge in [-0.15, -0.1) is 46.5 Å². The molecular weight excluding hydrogens is 522 g/mol. The van der Waals surface area contributed by atoms with Crippen LogP contribution in [0.5, 0.6) is 0 Å². The minimum absolute atomic E-state index is 0. The lowest BCUT2D eigenvalue weighted by molar-refractivity contribution is 0.270. The molecule has 0 aromatic carbocycles. The summed E-state index contributed by atoms with van der Waals surface area (Å²) in [4.78, 5) is 0. The van der Waals surface area contributed by atoms with Gasteiger partial charge in [0.2, 0.25) is 0 Å². The lowest BCUT2D eigenvalue weighted by atomic mass is 9.77. The second-order valence-corrected chi connectivity index (χ2v) is 12.5. The van der Waals surface area contributed by atoms with Gasteiger partial charge in [0, 0.05) is 0 Å². The maximum absolute atomic E-state index is 3.49. The largest absolute Gasteiger partial charge is 0.147 e. The maximum Gasteiger partial charge on any atom is -0.0122 e. The number of rotatable bonds is 27. The van der Waals surface area contributed by atoms with E-state index in [2.05, 4.69) is 36.9 Å². The van der Waals surface area contributed by atoms with Crippen LogP contribution in [0.4, 0.5) is 0 Å². The van der Waals surface area contributed by atoms with Crippen LogP contribution in [0.15, 0.2) is 0 Å². The van der Waals surface area contributed by atoms with E-state index in [-0.39, 0.29) is 37.2 Å². The Kier molecular flexibility index (Phi) is 42.3. The van der Waals surface area contributed by atoms with Gasteiger partial charge in [-0.05, 0) is 36.8 Å². The molecule has 0 amide bonds. The van der Waals surface area contributed by atoms with Gasteiger partial charge in [-0.3, -0.25) is 0 Å². The summed E-state index contributed by atoms with van der Waals surface area (Å²) in [6, 6.07) is 0. The fourth-order valence-corrected chi connectivity index (χ4v) is 6.45. The lowest BCUT2D eigenvalue weighted by Crippen LogP contribution is -2.32. The zero-order chi connectivity index (χ0) is 24.5. The zero-order valence-corrected chi connectivity index (χ0v) is 28.9. The average molecular weight is 592 g/mol. The molecule has 0 nitrogen and oxygen atoms in total. The molecule has 0 aliphatic rings.